The van der Waals surface area contributed by atoms with Crippen molar-refractivity contribution in [3.8, 4) is 0 Å². The average molecular weight is 336 g/mol. The Morgan fingerprint density at radius 2 is 1.96 bits per heavy atom. The Morgan fingerprint density at radius 3 is 2.80 bits per heavy atom. The maximum absolute atomic E-state index is 13.1. The maximum atomic E-state index is 13.1. The number of likely N-dealkylation sites (tertiary alicyclic amines) is 1. The molecular formula is C21H26N3O+. The van der Waals surface area contributed by atoms with Crippen molar-refractivity contribution in [2.45, 2.75) is 32.4 Å². The van der Waals surface area contributed by atoms with Gasteiger partial charge in [0.15, 0.2) is 0 Å². The molecule has 1 amide bonds. The van der Waals surface area contributed by atoms with Gasteiger partial charge >= 0.3 is 0 Å². The number of rotatable bonds is 3. The number of piperidine rings is 1. The number of pyridine rings is 1. The van der Waals surface area contributed by atoms with Gasteiger partial charge in [0.1, 0.15) is 6.54 Å². The van der Waals surface area contributed by atoms with Gasteiger partial charge in [0.2, 0.25) is 5.91 Å². The zero-order valence-electron chi connectivity index (χ0n) is 14.7. The first-order chi connectivity index (χ1) is 12.3. The van der Waals surface area contributed by atoms with Crippen LogP contribution in [0.5, 0.6) is 0 Å². The van der Waals surface area contributed by atoms with Gasteiger partial charge in [-0.1, -0.05) is 24.3 Å². The molecule has 4 nitrogen and oxygen atoms in total. The number of nitrogens with zero attached hydrogens (tertiary/aromatic N) is 2. The van der Waals surface area contributed by atoms with Crippen LogP contribution in [-0.4, -0.2) is 35.4 Å². The van der Waals surface area contributed by atoms with Gasteiger partial charge in [-0.2, -0.15) is 0 Å². The molecule has 2 aromatic rings. The van der Waals surface area contributed by atoms with Gasteiger partial charge in [-0.25, -0.2) is 0 Å². The number of quaternary nitrogens is 1. The molecular weight excluding hydrogens is 310 g/mol. The van der Waals surface area contributed by atoms with Crippen LogP contribution in [0.4, 0.5) is 0 Å². The smallest absolute Gasteiger partial charge is 0.231 e. The topological polar surface area (TPSA) is 37.6 Å². The van der Waals surface area contributed by atoms with Crippen molar-refractivity contribution >= 4 is 5.91 Å². The van der Waals surface area contributed by atoms with Crippen molar-refractivity contribution in [1.82, 2.24) is 9.88 Å². The van der Waals surface area contributed by atoms with Crippen LogP contribution in [-0.2, 0) is 24.3 Å². The number of aromatic nitrogens is 1. The summed E-state index contributed by atoms with van der Waals surface area (Å²) < 4.78 is 0. The first-order valence-electron chi connectivity index (χ1n) is 9.37. The highest BCUT2D eigenvalue weighted by molar-refractivity contribution is 5.79. The number of nitrogens with one attached hydrogen (secondary N) is 1. The monoisotopic (exact) mass is 336 g/mol. The summed E-state index contributed by atoms with van der Waals surface area (Å²) in [5, 5.41) is 0. The van der Waals surface area contributed by atoms with E-state index in [9.17, 15) is 4.79 Å². The second kappa shape index (κ2) is 7.36. The quantitative estimate of drug-likeness (QED) is 0.921. The number of hydrogen-bond donors (Lipinski definition) is 1. The van der Waals surface area contributed by atoms with Crippen molar-refractivity contribution in [2.24, 2.45) is 5.92 Å². The Balaban J connectivity index is 1.39. The van der Waals surface area contributed by atoms with Gasteiger partial charge in [0.05, 0.1) is 19.0 Å². The summed E-state index contributed by atoms with van der Waals surface area (Å²) in [6, 6.07) is 12.7. The number of carbonyl (C=O) groups excluding carboxylic acids is 1. The Morgan fingerprint density at radius 1 is 1.16 bits per heavy atom. The molecule has 3 heterocycles. The van der Waals surface area contributed by atoms with Crippen LogP contribution in [0, 0.1) is 5.92 Å². The van der Waals surface area contributed by atoms with Gasteiger partial charge in [0, 0.05) is 31.0 Å². The fourth-order valence-corrected chi connectivity index (χ4v) is 4.25. The van der Waals surface area contributed by atoms with Crippen LogP contribution in [0.2, 0.25) is 0 Å². The Hall–Kier alpha value is -2.20. The normalized spacial score (nSPS) is 23.1. The highest BCUT2D eigenvalue weighted by Crippen LogP contribution is 2.21. The van der Waals surface area contributed by atoms with Gasteiger partial charge < -0.3 is 9.80 Å². The first-order valence-corrected chi connectivity index (χ1v) is 9.37. The van der Waals surface area contributed by atoms with Crippen molar-refractivity contribution < 1.29 is 9.69 Å². The third-order valence-electron chi connectivity index (χ3n) is 5.61. The lowest BCUT2D eigenvalue weighted by atomic mass is 9.93. The molecule has 0 spiro atoms. The highest BCUT2D eigenvalue weighted by atomic mass is 16.2. The van der Waals surface area contributed by atoms with E-state index in [0.717, 1.165) is 52.0 Å². The molecule has 0 bridgehead atoms. The Kier molecular flexibility index (Phi) is 4.79. The fourth-order valence-electron chi connectivity index (χ4n) is 4.25. The van der Waals surface area contributed by atoms with E-state index in [-0.39, 0.29) is 5.92 Å². The van der Waals surface area contributed by atoms with E-state index >= 15 is 0 Å². The predicted molar refractivity (Wildman–Crippen MR) is 96.9 cm³/mol. The number of carbonyl (C=O) groups is 1. The summed E-state index contributed by atoms with van der Waals surface area (Å²) in [4.78, 5) is 20.8. The number of amides is 1. The summed E-state index contributed by atoms with van der Waals surface area (Å²) in [5.74, 6) is 0.539. The molecule has 1 saturated heterocycles. The van der Waals surface area contributed by atoms with E-state index in [1.165, 1.54) is 21.6 Å². The van der Waals surface area contributed by atoms with Crippen LogP contribution in [0.25, 0.3) is 0 Å². The highest BCUT2D eigenvalue weighted by Gasteiger charge is 2.32. The Labute approximate surface area is 149 Å². The van der Waals surface area contributed by atoms with E-state index in [2.05, 4.69) is 46.3 Å². The third kappa shape index (κ3) is 3.74. The van der Waals surface area contributed by atoms with E-state index < -0.39 is 0 Å². The molecule has 2 aliphatic rings. The fraction of sp³-hybridized carbons (Fsp3) is 0.429. The van der Waals surface area contributed by atoms with Crippen LogP contribution >= 0.6 is 0 Å². The molecule has 1 N–H and O–H groups in total. The minimum atomic E-state index is 0.177. The second-order valence-electron chi connectivity index (χ2n) is 7.35. The Bertz CT molecular complexity index is 731. The minimum Gasteiger partial charge on any atom is -0.338 e. The maximum Gasteiger partial charge on any atom is 0.231 e. The zero-order valence-corrected chi connectivity index (χ0v) is 14.7. The molecule has 1 fully saturated rings. The number of benzene rings is 1. The summed E-state index contributed by atoms with van der Waals surface area (Å²) in [7, 11) is 0. The second-order valence-corrected chi connectivity index (χ2v) is 7.35. The minimum absolute atomic E-state index is 0.177. The number of hydrogen-bond acceptors (Lipinski definition) is 2. The molecule has 2 aliphatic heterocycles. The SMILES string of the molecule is O=C([C@@H]1CCC[NH+](Cc2ccncc2)C1)N1CCc2ccccc2C1. The van der Waals surface area contributed by atoms with Gasteiger partial charge in [-0.3, -0.25) is 9.78 Å². The molecule has 0 aliphatic carbocycles. The van der Waals surface area contributed by atoms with E-state index in [1.54, 1.807) is 0 Å². The van der Waals surface area contributed by atoms with Crippen LogP contribution in [0.15, 0.2) is 48.8 Å². The molecule has 1 unspecified atom stereocenters. The molecule has 0 saturated carbocycles. The lowest BCUT2D eigenvalue weighted by Crippen LogP contribution is -3.12. The molecule has 4 rings (SSSR count). The summed E-state index contributed by atoms with van der Waals surface area (Å²) in [5.41, 5.74) is 4.03. The van der Waals surface area contributed by atoms with Gasteiger partial charge in [0.25, 0.3) is 0 Å². The standard InChI is InChI=1S/C21H25N3O/c25-21(24-13-9-18-4-1-2-5-19(18)16-24)20-6-3-12-23(15-20)14-17-7-10-22-11-8-17/h1-2,4-5,7-8,10-11,20H,3,6,9,12-16H2/p+1/t20-/m1/s1. The lowest BCUT2D eigenvalue weighted by molar-refractivity contribution is -0.921. The summed E-state index contributed by atoms with van der Waals surface area (Å²) in [6.45, 7) is 4.76. The van der Waals surface area contributed by atoms with E-state index in [1.807, 2.05) is 12.4 Å². The molecule has 4 heteroatoms. The van der Waals surface area contributed by atoms with Crippen LogP contribution in [0.3, 0.4) is 0 Å². The van der Waals surface area contributed by atoms with Crippen LogP contribution < -0.4 is 4.90 Å². The predicted octanol–water partition coefficient (Wildman–Crippen LogP) is 1.46. The first kappa shape index (κ1) is 16.3. The van der Waals surface area contributed by atoms with Crippen molar-refractivity contribution in [1.29, 1.82) is 0 Å². The zero-order chi connectivity index (χ0) is 17.1. The molecule has 1 aromatic carbocycles. The summed E-state index contributed by atoms with van der Waals surface area (Å²) >= 11 is 0. The van der Waals surface area contributed by atoms with Gasteiger partial charge in [-0.05, 0) is 42.5 Å². The van der Waals surface area contributed by atoms with E-state index in [4.69, 9.17) is 0 Å². The van der Waals surface area contributed by atoms with Gasteiger partial charge in [-0.15, -0.1) is 0 Å². The van der Waals surface area contributed by atoms with Crippen LogP contribution in [0.1, 0.15) is 29.5 Å². The van der Waals surface area contributed by atoms with Crippen molar-refractivity contribution in [3.63, 3.8) is 0 Å². The molecule has 25 heavy (non-hydrogen) atoms. The number of fused-ring (bicyclic) bond motifs is 1. The molecule has 130 valence electrons. The molecule has 2 atom stereocenters. The molecule has 1 aromatic heterocycles. The third-order valence-corrected chi connectivity index (χ3v) is 5.61. The average Bonchev–Trinajstić information content (AvgIpc) is 2.68. The largest absolute Gasteiger partial charge is 0.338 e. The van der Waals surface area contributed by atoms with E-state index in [0.29, 0.717) is 5.91 Å². The summed E-state index contributed by atoms with van der Waals surface area (Å²) in [6.07, 6.45) is 6.87. The van der Waals surface area contributed by atoms with Crippen molar-refractivity contribution in [3.05, 3.63) is 65.5 Å². The van der Waals surface area contributed by atoms with Crippen molar-refractivity contribution in [2.75, 3.05) is 19.6 Å². The molecule has 0 radical (unpaired) electrons. The lowest BCUT2D eigenvalue weighted by Gasteiger charge is -2.35.